The number of nitrogens with zero attached hydrogens (tertiary/aromatic N) is 1. The summed E-state index contributed by atoms with van der Waals surface area (Å²) < 4.78 is 5.66. The summed E-state index contributed by atoms with van der Waals surface area (Å²) in [5, 5.41) is 12.1. The molecule has 100 valence electrons. The van der Waals surface area contributed by atoms with Gasteiger partial charge in [-0.15, -0.1) is 11.3 Å². The van der Waals surface area contributed by atoms with Gasteiger partial charge in [0.05, 0.1) is 0 Å². The van der Waals surface area contributed by atoms with E-state index in [-0.39, 0.29) is 5.56 Å². The molecule has 1 N–H and O–H groups in total. The summed E-state index contributed by atoms with van der Waals surface area (Å²) in [5.41, 5.74) is 1.17. The molecule has 2 aromatic heterocycles. The molecule has 2 heterocycles. The van der Waals surface area contributed by atoms with Crippen LogP contribution in [-0.2, 0) is 6.61 Å². The fourth-order valence-corrected chi connectivity index (χ4v) is 2.76. The highest BCUT2D eigenvalue weighted by Crippen LogP contribution is 2.24. The Morgan fingerprint density at radius 2 is 2.10 bits per heavy atom. The summed E-state index contributed by atoms with van der Waals surface area (Å²) in [6.07, 6.45) is 1.74. The van der Waals surface area contributed by atoms with E-state index in [1.54, 1.807) is 35.7 Å². The highest BCUT2D eigenvalue weighted by Gasteiger charge is 2.11. The first-order valence-corrected chi connectivity index (χ1v) is 6.90. The minimum atomic E-state index is -0.990. The van der Waals surface area contributed by atoms with Crippen LogP contribution in [0.15, 0.2) is 48.0 Å². The lowest BCUT2D eigenvalue weighted by Gasteiger charge is -2.09. The predicted octanol–water partition coefficient (Wildman–Crippen LogP) is 3.57. The number of carboxylic acid groups (broad SMARTS) is 1. The molecule has 0 fully saturated rings. The number of carboxylic acids is 1. The molecule has 3 aromatic rings. The maximum Gasteiger partial charge on any atom is 0.339 e. The van der Waals surface area contributed by atoms with Crippen LogP contribution in [0.3, 0.4) is 0 Å². The second-order valence-electron chi connectivity index (χ2n) is 4.20. The van der Waals surface area contributed by atoms with E-state index in [4.69, 9.17) is 9.84 Å². The fourth-order valence-electron chi connectivity index (χ4n) is 1.98. The van der Waals surface area contributed by atoms with Gasteiger partial charge in [-0.3, -0.25) is 0 Å². The Labute approximate surface area is 119 Å². The molecule has 0 radical (unpaired) electrons. The van der Waals surface area contributed by atoms with Gasteiger partial charge in [0, 0.05) is 17.1 Å². The Morgan fingerprint density at radius 1 is 1.25 bits per heavy atom. The second-order valence-corrected chi connectivity index (χ2v) is 5.09. The average Bonchev–Trinajstić information content (AvgIpc) is 2.94. The van der Waals surface area contributed by atoms with Gasteiger partial charge >= 0.3 is 5.97 Å². The Balaban J connectivity index is 1.87. The number of rotatable bonds is 4. The van der Waals surface area contributed by atoms with E-state index < -0.39 is 5.97 Å². The zero-order chi connectivity index (χ0) is 13.9. The molecule has 0 aliphatic heterocycles. The summed E-state index contributed by atoms with van der Waals surface area (Å²) in [5.74, 6) is -0.615. The molecule has 0 atom stereocenters. The number of hydrogen-bond acceptors (Lipinski definition) is 4. The van der Waals surface area contributed by atoms with Crippen LogP contribution in [0.4, 0.5) is 0 Å². The first-order chi connectivity index (χ1) is 9.75. The quantitative estimate of drug-likeness (QED) is 0.796. The van der Waals surface area contributed by atoms with Gasteiger partial charge < -0.3 is 9.84 Å². The Morgan fingerprint density at radius 3 is 2.95 bits per heavy atom. The number of carbonyl (C=O) groups is 1. The van der Waals surface area contributed by atoms with Crippen molar-refractivity contribution in [3.63, 3.8) is 0 Å². The van der Waals surface area contributed by atoms with Crippen molar-refractivity contribution in [3.8, 4) is 5.75 Å². The molecule has 20 heavy (non-hydrogen) atoms. The first kappa shape index (κ1) is 12.6. The molecule has 0 aliphatic carbocycles. The third kappa shape index (κ3) is 2.35. The van der Waals surface area contributed by atoms with E-state index in [1.165, 1.54) is 6.07 Å². The van der Waals surface area contributed by atoms with Gasteiger partial charge in [0.1, 0.15) is 22.8 Å². The number of benzene rings is 1. The van der Waals surface area contributed by atoms with Gasteiger partial charge in [-0.05, 0) is 29.6 Å². The van der Waals surface area contributed by atoms with E-state index >= 15 is 0 Å². The molecule has 0 bridgehead atoms. The van der Waals surface area contributed by atoms with Crippen molar-refractivity contribution in [2.45, 2.75) is 6.61 Å². The molecule has 3 rings (SSSR count). The van der Waals surface area contributed by atoms with Crippen molar-refractivity contribution >= 4 is 27.5 Å². The third-order valence-electron chi connectivity index (χ3n) is 2.96. The van der Waals surface area contributed by atoms with E-state index in [2.05, 4.69) is 4.98 Å². The smallest absolute Gasteiger partial charge is 0.339 e. The van der Waals surface area contributed by atoms with Gasteiger partial charge in [0.2, 0.25) is 0 Å². The van der Waals surface area contributed by atoms with Crippen LogP contribution in [0.25, 0.3) is 10.2 Å². The van der Waals surface area contributed by atoms with Crippen LogP contribution in [0.5, 0.6) is 5.75 Å². The number of aromatic carboxylic acids is 1. The van der Waals surface area contributed by atoms with E-state index in [1.807, 2.05) is 17.5 Å². The van der Waals surface area contributed by atoms with Crippen molar-refractivity contribution in [1.29, 1.82) is 0 Å². The lowest BCUT2D eigenvalue weighted by molar-refractivity contribution is 0.0692. The molecule has 0 saturated carbocycles. The zero-order valence-corrected chi connectivity index (χ0v) is 11.3. The van der Waals surface area contributed by atoms with Crippen molar-refractivity contribution in [2.24, 2.45) is 0 Å². The Hall–Kier alpha value is -2.40. The molecular formula is C15H11NO3S. The molecule has 4 nitrogen and oxygen atoms in total. The number of para-hydroxylation sites is 1. The van der Waals surface area contributed by atoms with Crippen LogP contribution >= 0.6 is 11.3 Å². The zero-order valence-electron chi connectivity index (χ0n) is 10.4. The maximum atomic E-state index is 11.1. The molecule has 0 saturated heterocycles. The summed E-state index contributed by atoms with van der Waals surface area (Å²) in [6.45, 7) is 0.319. The van der Waals surface area contributed by atoms with Crippen LogP contribution < -0.4 is 4.74 Å². The van der Waals surface area contributed by atoms with Crippen LogP contribution in [0.1, 0.15) is 15.9 Å². The molecule has 0 aliphatic rings. The van der Waals surface area contributed by atoms with Gasteiger partial charge in [0.25, 0.3) is 0 Å². The molecule has 0 amide bonds. The normalized spacial score (nSPS) is 10.6. The molecule has 0 unspecified atom stereocenters. The van der Waals surface area contributed by atoms with Crippen LogP contribution in [0, 0.1) is 0 Å². The highest BCUT2D eigenvalue weighted by molar-refractivity contribution is 7.16. The lowest BCUT2D eigenvalue weighted by atomic mass is 10.2. The number of hydrogen-bond donors (Lipinski definition) is 1. The maximum absolute atomic E-state index is 11.1. The fraction of sp³-hybridized carbons (Fsp3) is 0.0667. The van der Waals surface area contributed by atoms with Crippen molar-refractivity contribution in [3.05, 3.63) is 59.1 Å². The first-order valence-electron chi connectivity index (χ1n) is 6.02. The Bertz CT molecular complexity index is 766. The largest absolute Gasteiger partial charge is 0.488 e. The average molecular weight is 285 g/mol. The monoisotopic (exact) mass is 285 g/mol. The second kappa shape index (κ2) is 5.30. The molecule has 1 aromatic carbocycles. The summed E-state index contributed by atoms with van der Waals surface area (Å²) in [6, 6.07) is 10.5. The number of fused-ring (bicyclic) bond motifs is 1. The van der Waals surface area contributed by atoms with Gasteiger partial charge in [-0.2, -0.15) is 0 Å². The van der Waals surface area contributed by atoms with E-state index in [9.17, 15) is 4.79 Å². The molecule has 5 heteroatoms. The topological polar surface area (TPSA) is 59.4 Å². The predicted molar refractivity (Wildman–Crippen MR) is 77.4 cm³/mol. The minimum absolute atomic E-state index is 0.170. The number of aromatic nitrogens is 1. The summed E-state index contributed by atoms with van der Waals surface area (Å²) in [4.78, 5) is 16.3. The SMILES string of the molecule is O=C(O)c1ccccc1OCc1ccnc2sccc12. The van der Waals surface area contributed by atoms with Gasteiger partial charge in [0.15, 0.2) is 0 Å². The lowest BCUT2D eigenvalue weighted by Crippen LogP contribution is -2.03. The standard InChI is InChI=1S/C15H11NO3S/c17-15(18)12-3-1-2-4-13(12)19-9-10-5-7-16-14-11(10)6-8-20-14/h1-8H,9H2,(H,17,18). The highest BCUT2D eigenvalue weighted by atomic mass is 32.1. The Kier molecular flexibility index (Phi) is 3.35. The van der Waals surface area contributed by atoms with Gasteiger partial charge in [-0.1, -0.05) is 12.1 Å². The van der Waals surface area contributed by atoms with E-state index in [0.29, 0.717) is 12.4 Å². The van der Waals surface area contributed by atoms with Crippen molar-refractivity contribution < 1.29 is 14.6 Å². The summed E-state index contributed by atoms with van der Waals surface area (Å²) >= 11 is 1.57. The molecule has 0 spiro atoms. The third-order valence-corrected chi connectivity index (χ3v) is 3.78. The van der Waals surface area contributed by atoms with Crippen LogP contribution in [-0.4, -0.2) is 16.1 Å². The number of ether oxygens (including phenoxy) is 1. The van der Waals surface area contributed by atoms with E-state index in [0.717, 1.165) is 15.8 Å². The van der Waals surface area contributed by atoms with Crippen molar-refractivity contribution in [2.75, 3.05) is 0 Å². The minimum Gasteiger partial charge on any atom is -0.488 e. The summed E-state index contributed by atoms with van der Waals surface area (Å²) in [7, 11) is 0. The number of pyridine rings is 1. The van der Waals surface area contributed by atoms with Gasteiger partial charge in [-0.25, -0.2) is 9.78 Å². The number of thiophene rings is 1. The molecular weight excluding hydrogens is 274 g/mol. The van der Waals surface area contributed by atoms with Crippen molar-refractivity contribution in [1.82, 2.24) is 4.98 Å². The van der Waals surface area contributed by atoms with Crippen LogP contribution in [0.2, 0.25) is 0 Å².